The van der Waals surface area contributed by atoms with Crippen molar-refractivity contribution in [3.05, 3.63) is 47.0 Å². The number of halogens is 1. The molecule has 0 radical (unpaired) electrons. The Kier molecular flexibility index (Phi) is 3.97. The SMILES string of the molecule is CNC1CCCCc2nc(-c3cc(C)cc(F)c3)ncc21. The van der Waals surface area contributed by atoms with E-state index in [0.29, 0.717) is 11.9 Å². The van der Waals surface area contributed by atoms with Gasteiger partial charge in [0.05, 0.1) is 0 Å². The summed E-state index contributed by atoms with van der Waals surface area (Å²) in [6.07, 6.45) is 6.33. The van der Waals surface area contributed by atoms with Crippen LogP contribution in [0.3, 0.4) is 0 Å². The molecule has 4 heteroatoms. The number of aryl methyl sites for hydroxylation is 2. The van der Waals surface area contributed by atoms with Crippen LogP contribution in [-0.4, -0.2) is 17.0 Å². The summed E-state index contributed by atoms with van der Waals surface area (Å²) < 4.78 is 13.6. The standard InChI is InChI=1S/C17H20FN3/c1-11-7-12(9-13(18)8-11)17-20-10-14-15(19-2)5-3-4-6-16(14)21-17/h7-10,15,19H,3-6H2,1-2H3. The second kappa shape index (κ2) is 5.90. The van der Waals surface area contributed by atoms with Gasteiger partial charge in [-0.05, 0) is 57.0 Å². The molecule has 0 spiro atoms. The summed E-state index contributed by atoms with van der Waals surface area (Å²) in [5.74, 6) is 0.379. The van der Waals surface area contributed by atoms with E-state index in [-0.39, 0.29) is 5.82 Å². The Morgan fingerprint density at radius 2 is 2.10 bits per heavy atom. The Morgan fingerprint density at radius 1 is 1.24 bits per heavy atom. The van der Waals surface area contributed by atoms with Crippen LogP contribution in [-0.2, 0) is 6.42 Å². The first-order chi connectivity index (χ1) is 10.2. The van der Waals surface area contributed by atoms with Gasteiger partial charge in [0, 0.05) is 29.1 Å². The van der Waals surface area contributed by atoms with Gasteiger partial charge in [0.2, 0.25) is 0 Å². The van der Waals surface area contributed by atoms with E-state index in [1.165, 1.54) is 24.1 Å². The summed E-state index contributed by atoms with van der Waals surface area (Å²) in [5.41, 5.74) is 3.92. The minimum absolute atomic E-state index is 0.239. The highest BCUT2D eigenvalue weighted by atomic mass is 19.1. The summed E-state index contributed by atoms with van der Waals surface area (Å²) in [6.45, 7) is 1.88. The van der Waals surface area contributed by atoms with Gasteiger partial charge >= 0.3 is 0 Å². The summed E-state index contributed by atoms with van der Waals surface area (Å²) >= 11 is 0. The van der Waals surface area contributed by atoms with E-state index in [1.807, 2.05) is 26.2 Å². The summed E-state index contributed by atoms with van der Waals surface area (Å²) in [5, 5.41) is 3.34. The Balaban J connectivity index is 2.04. The molecule has 1 N–H and O–H groups in total. The maximum atomic E-state index is 13.6. The second-order valence-corrected chi connectivity index (χ2v) is 5.70. The quantitative estimate of drug-likeness (QED) is 0.857. The minimum atomic E-state index is -0.239. The number of fused-ring (bicyclic) bond motifs is 1. The fourth-order valence-corrected chi connectivity index (χ4v) is 3.02. The monoisotopic (exact) mass is 285 g/mol. The van der Waals surface area contributed by atoms with Crippen molar-refractivity contribution in [1.82, 2.24) is 15.3 Å². The zero-order valence-electron chi connectivity index (χ0n) is 12.5. The van der Waals surface area contributed by atoms with Gasteiger partial charge in [-0.15, -0.1) is 0 Å². The van der Waals surface area contributed by atoms with Gasteiger partial charge in [-0.25, -0.2) is 14.4 Å². The average molecular weight is 285 g/mol. The first kappa shape index (κ1) is 14.1. The lowest BCUT2D eigenvalue weighted by atomic mass is 10.0. The van der Waals surface area contributed by atoms with Gasteiger partial charge in [0.1, 0.15) is 5.82 Å². The largest absolute Gasteiger partial charge is 0.313 e. The van der Waals surface area contributed by atoms with E-state index in [1.54, 1.807) is 0 Å². The van der Waals surface area contributed by atoms with Gasteiger partial charge < -0.3 is 5.32 Å². The number of aromatic nitrogens is 2. The van der Waals surface area contributed by atoms with E-state index in [0.717, 1.165) is 36.1 Å². The molecule has 0 fully saturated rings. The predicted octanol–water partition coefficient (Wildman–Crippen LogP) is 3.58. The molecule has 0 saturated heterocycles. The van der Waals surface area contributed by atoms with Gasteiger partial charge in [0.15, 0.2) is 5.82 Å². The molecule has 3 nitrogen and oxygen atoms in total. The number of hydrogen-bond donors (Lipinski definition) is 1. The van der Waals surface area contributed by atoms with E-state index in [9.17, 15) is 4.39 Å². The fourth-order valence-electron chi connectivity index (χ4n) is 3.02. The first-order valence-corrected chi connectivity index (χ1v) is 7.48. The molecule has 0 saturated carbocycles. The Hall–Kier alpha value is -1.81. The highest BCUT2D eigenvalue weighted by Gasteiger charge is 2.19. The lowest BCUT2D eigenvalue weighted by Gasteiger charge is -2.16. The van der Waals surface area contributed by atoms with Crippen molar-refractivity contribution < 1.29 is 4.39 Å². The van der Waals surface area contributed by atoms with Crippen LogP contribution in [0.2, 0.25) is 0 Å². The van der Waals surface area contributed by atoms with Crippen LogP contribution in [0.5, 0.6) is 0 Å². The van der Waals surface area contributed by atoms with Crippen molar-refractivity contribution in [2.75, 3.05) is 7.05 Å². The molecule has 1 heterocycles. The summed E-state index contributed by atoms with van der Waals surface area (Å²) in [4.78, 5) is 9.17. The third-order valence-corrected chi connectivity index (χ3v) is 4.08. The van der Waals surface area contributed by atoms with Crippen LogP contribution in [0.25, 0.3) is 11.4 Å². The van der Waals surface area contributed by atoms with E-state index >= 15 is 0 Å². The van der Waals surface area contributed by atoms with Crippen LogP contribution < -0.4 is 5.32 Å². The number of rotatable bonds is 2. The Bertz CT molecular complexity index is 634. The molecule has 1 aromatic heterocycles. The first-order valence-electron chi connectivity index (χ1n) is 7.48. The molecule has 0 amide bonds. The highest BCUT2D eigenvalue weighted by molar-refractivity contribution is 5.56. The zero-order chi connectivity index (χ0) is 14.8. The lowest BCUT2D eigenvalue weighted by molar-refractivity contribution is 0.532. The highest BCUT2D eigenvalue weighted by Crippen LogP contribution is 2.28. The molecule has 0 bridgehead atoms. The maximum Gasteiger partial charge on any atom is 0.159 e. The van der Waals surface area contributed by atoms with Crippen LogP contribution in [0.1, 0.15) is 42.1 Å². The summed E-state index contributed by atoms with van der Waals surface area (Å²) in [6, 6.07) is 5.27. The molecule has 1 aromatic carbocycles. The molecule has 21 heavy (non-hydrogen) atoms. The van der Waals surface area contributed by atoms with E-state index < -0.39 is 0 Å². The predicted molar refractivity (Wildman–Crippen MR) is 81.5 cm³/mol. The Labute approximate surface area is 124 Å². The van der Waals surface area contributed by atoms with Gasteiger partial charge in [-0.3, -0.25) is 0 Å². The molecule has 3 rings (SSSR count). The van der Waals surface area contributed by atoms with E-state index in [2.05, 4.69) is 10.3 Å². The molecule has 110 valence electrons. The normalized spacial score (nSPS) is 18.1. The van der Waals surface area contributed by atoms with Crippen molar-refractivity contribution >= 4 is 0 Å². The van der Waals surface area contributed by atoms with Crippen LogP contribution >= 0.6 is 0 Å². The summed E-state index contributed by atoms with van der Waals surface area (Å²) in [7, 11) is 1.98. The second-order valence-electron chi connectivity index (χ2n) is 5.70. The van der Waals surface area contributed by atoms with Gasteiger partial charge in [-0.1, -0.05) is 6.42 Å². The van der Waals surface area contributed by atoms with Crippen molar-refractivity contribution in [3.63, 3.8) is 0 Å². The zero-order valence-corrected chi connectivity index (χ0v) is 12.5. The Morgan fingerprint density at radius 3 is 2.86 bits per heavy atom. The van der Waals surface area contributed by atoms with Crippen molar-refractivity contribution in [1.29, 1.82) is 0 Å². The number of benzene rings is 1. The molecule has 1 atom stereocenters. The van der Waals surface area contributed by atoms with Gasteiger partial charge in [-0.2, -0.15) is 0 Å². The third kappa shape index (κ3) is 2.95. The maximum absolute atomic E-state index is 13.6. The molecule has 0 aliphatic heterocycles. The molecule has 1 aliphatic rings. The molecular weight excluding hydrogens is 265 g/mol. The average Bonchev–Trinajstić information content (AvgIpc) is 2.67. The molecule has 2 aromatic rings. The number of hydrogen-bond acceptors (Lipinski definition) is 3. The molecular formula is C17H20FN3. The minimum Gasteiger partial charge on any atom is -0.313 e. The third-order valence-electron chi connectivity index (χ3n) is 4.08. The number of nitrogens with one attached hydrogen (secondary N) is 1. The van der Waals surface area contributed by atoms with Crippen LogP contribution in [0.15, 0.2) is 24.4 Å². The van der Waals surface area contributed by atoms with Gasteiger partial charge in [0.25, 0.3) is 0 Å². The topological polar surface area (TPSA) is 37.8 Å². The van der Waals surface area contributed by atoms with Crippen LogP contribution in [0, 0.1) is 12.7 Å². The van der Waals surface area contributed by atoms with Crippen molar-refractivity contribution in [2.45, 2.75) is 38.6 Å². The van der Waals surface area contributed by atoms with Crippen LogP contribution in [0.4, 0.5) is 4.39 Å². The molecule has 1 unspecified atom stereocenters. The fraction of sp³-hybridized carbons (Fsp3) is 0.412. The smallest absolute Gasteiger partial charge is 0.159 e. The van der Waals surface area contributed by atoms with E-state index in [4.69, 9.17) is 4.98 Å². The van der Waals surface area contributed by atoms with Crippen molar-refractivity contribution in [2.24, 2.45) is 0 Å². The van der Waals surface area contributed by atoms with Crippen molar-refractivity contribution in [3.8, 4) is 11.4 Å². The lowest BCUT2D eigenvalue weighted by Crippen LogP contribution is -2.17. The molecule has 1 aliphatic carbocycles. The number of nitrogens with zero attached hydrogens (tertiary/aromatic N) is 2.